The van der Waals surface area contributed by atoms with E-state index in [1.165, 1.54) is 16.6 Å². The van der Waals surface area contributed by atoms with Gasteiger partial charge in [-0.3, -0.25) is 0 Å². The van der Waals surface area contributed by atoms with Crippen LogP contribution in [0, 0.1) is 0 Å². The highest BCUT2D eigenvalue weighted by Gasteiger charge is 2.29. The number of amides is 1. The van der Waals surface area contributed by atoms with Crippen molar-refractivity contribution in [3.05, 3.63) is 28.4 Å². The van der Waals surface area contributed by atoms with Gasteiger partial charge in [0.1, 0.15) is 5.60 Å². The summed E-state index contributed by atoms with van der Waals surface area (Å²) in [6.45, 7) is 6.94. The van der Waals surface area contributed by atoms with E-state index in [1.54, 1.807) is 16.7 Å². The fourth-order valence-electron chi connectivity index (χ4n) is 3.30. The third kappa shape index (κ3) is 3.00. The molecule has 0 bridgehead atoms. The first-order valence-electron chi connectivity index (χ1n) is 8.03. The lowest BCUT2D eigenvalue weighted by Gasteiger charge is -2.30. The van der Waals surface area contributed by atoms with Crippen LogP contribution in [0.15, 0.2) is 17.0 Å². The molecule has 0 unspecified atom stereocenters. The number of carbonyl (C=O) groups excluding carboxylic acids is 1. The molecular formula is C18H23ClN2O2S. The molecule has 0 fully saturated rings. The number of hydrogen-bond acceptors (Lipinski definition) is 3. The zero-order valence-corrected chi connectivity index (χ0v) is 16.3. The third-order valence-corrected chi connectivity index (χ3v) is 5.57. The van der Waals surface area contributed by atoms with Gasteiger partial charge in [-0.2, -0.15) is 0 Å². The number of carbonyl (C=O) groups is 1. The minimum absolute atomic E-state index is 0.246. The molecule has 0 N–H and O–H groups in total. The number of nitrogens with zero attached hydrogens (tertiary/aromatic N) is 2. The maximum Gasteiger partial charge on any atom is 0.410 e. The molecular weight excluding hydrogens is 344 g/mol. The van der Waals surface area contributed by atoms with Gasteiger partial charge in [-0.05, 0) is 33.1 Å². The number of benzene rings is 1. The zero-order chi connectivity index (χ0) is 17.6. The first-order chi connectivity index (χ1) is 11.2. The Morgan fingerprint density at radius 2 is 2.04 bits per heavy atom. The highest BCUT2D eigenvalue weighted by atomic mass is 35.5. The van der Waals surface area contributed by atoms with Crippen molar-refractivity contribution in [1.82, 2.24) is 9.47 Å². The van der Waals surface area contributed by atoms with E-state index in [4.69, 9.17) is 16.3 Å². The lowest BCUT2D eigenvalue weighted by atomic mass is 10.0. The number of fused-ring (bicyclic) bond motifs is 3. The lowest BCUT2D eigenvalue weighted by molar-refractivity contribution is 0.0223. The number of ether oxygens (including phenoxy) is 1. The van der Waals surface area contributed by atoms with E-state index < -0.39 is 5.60 Å². The van der Waals surface area contributed by atoms with Crippen LogP contribution in [0.2, 0.25) is 5.02 Å². The number of aryl methyl sites for hydroxylation is 1. The Labute approximate surface area is 152 Å². The number of halogens is 1. The van der Waals surface area contributed by atoms with Crippen molar-refractivity contribution in [1.29, 1.82) is 0 Å². The summed E-state index contributed by atoms with van der Waals surface area (Å²) in [5, 5.41) is 1.95. The molecule has 130 valence electrons. The second-order valence-corrected chi connectivity index (χ2v) is 8.34. The van der Waals surface area contributed by atoms with E-state index in [-0.39, 0.29) is 6.09 Å². The predicted octanol–water partition coefficient (Wildman–Crippen LogP) is 4.85. The first kappa shape index (κ1) is 17.5. The molecule has 2 aromatic rings. The van der Waals surface area contributed by atoms with Crippen molar-refractivity contribution in [3.63, 3.8) is 0 Å². The zero-order valence-electron chi connectivity index (χ0n) is 14.8. The Morgan fingerprint density at radius 1 is 1.33 bits per heavy atom. The maximum absolute atomic E-state index is 12.4. The highest BCUT2D eigenvalue weighted by molar-refractivity contribution is 7.99. The first-order valence-corrected chi connectivity index (χ1v) is 9.63. The molecule has 0 atom stereocenters. The maximum atomic E-state index is 12.4. The monoisotopic (exact) mass is 366 g/mol. The van der Waals surface area contributed by atoms with Crippen LogP contribution in [-0.4, -0.2) is 34.0 Å². The van der Waals surface area contributed by atoms with E-state index in [9.17, 15) is 4.79 Å². The fraction of sp³-hybridized carbons (Fsp3) is 0.500. The summed E-state index contributed by atoms with van der Waals surface area (Å²) >= 11 is 8.03. The SMILES string of the molecule is CSc1c(Cl)ccc2c3c(n(C)c12)CCN(C(=O)OC(C)(C)C)C3. The number of aromatic nitrogens is 1. The van der Waals surface area contributed by atoms with E-state index in [0.29, 0.717) is 13.1 Å². The molecule has 2 heterocycles. The molecule has 0 aliphatic carbocycles. The smallest absolute Gasteiger partial charge is 0.410 e. The average molecular weight is 367 g/mol. The van der Waals surface area contributed by atoms with Crippen LogP contribution in [-0.2, 0) is 24.8 Å². The molecule has 6 heteroatoms. The van der Waals surface area contributed by atoms with Crippen molar-refractivity contribution in [2.75, 3.05) is 12.8 Å². The van der Waals surface area contributed by atoms with E-state index in [2.05, 4.69) is 17.7 Å². The summed E-state index contributed by atoms with van der Waals surface area (Å²) in [7, 11) is 2.08. The standard InChI is InChI=1S/C18H23ClN2O2S/c1-18(2,3)23-17(22)21-9-8-14-12(10-21)11-6-7-13(19)16(24-5)15(11)20(14)4/h6-7H,8-10H2,1-5H3. The molecule has 1 aromatic carbocycles. The molecule has 24 heavy (non-hydrogen) atoms. The van der Waals surface area contributed by atoms with E-state index in [1.807, 2.05) is 33.1 Å². The minimum Gasteiger partial charge on any atom is -0.444 e. The van der Waals surface area contributed by atoms with Crippen molar-refractivity contribution in [3.8, 4) is 0 Å². The number of rotatable bonds is 1. The Morgan fingerprint density at radius 3 is 2.67 bits per heavy atom. The molecule has 1 amide bonds. The minimum atomic E-state index is -0.477. The molecule has 3 rings (SSSR count). The van der Waals surface area contributed by atoms with Crippen molar-refractivity contribution in [2.24, 2.45) is 7.05 Å². The van der Waals surface area contributed by atoms with Crippen molar-refractivity contribution in [2.45, 2.75) is 44.2 Å². The molecule has 0 radical (unpaired) electrons. The van der Waals surface area contributed by atoms with Gasteiger partial charge in [0.15, 0.2) is 0 Å². The van der Waals surface area contributed by atoms with Gasteiger partial charge in [-0.25, -0.2) is 4.79 Å². The van der Waals surface area contributed by atoms with Gasteiger partial charge < -0.3 is 14.2 Å². The topological polar surface area (TPSA) is 34.5 Å². The summed E-state index contributed by atoms with van der Waals surface area (Å²) in [6, 6.07) is 4.01. The summed E-state index contributed by atoms with van der Waals surface area (Å²) in [6.07, 6.45) is 2.62. The molecule has 4 nitrogen and oxygen atoms in total. The summed E-state index contributed by atoms with van der Waals surface area (Å²) in [4.78, 5) is 15.3. The van der Waals surface area contributed by atoms with Crippen molar-refractivity contribution < 1.29 is 9.53 Å². The molecule has 1 aromatic heterocycles. The Balaban J connectivity index is 2.02. The largest absolute Gasteiger partial charge is 0.444 e. The second kappa shape index (κ2) is 6.19. The molecule has 0 spiro atoms. The van der Waals surface area contributed by atoms with E-state index >= 15 is 0 Å². The Bertz CT molecular complexity index is 808. The lowest BCUT2D eigenvalue weighted by Crippen LogP contribution is -2.40. The van der Waals surface area contributed by atoms with Gasteiger partial charge in [0.05, 0.1) is 17.1 Å². The summed E-state index contributed by atoms with van der Waals surface area (Å²) in [5.74, 6) is 0. The summed E-state index contributed by atoms with van der Waals surface area (Å²) < 4.78 is 7.76. The van der Waals surface area contributed by atoms with Gasteiger partial charge in [0.25, 0.3) is 0 Å². The third-order valence-electron chi connectivity index (χ3n) is 4.32. The second-order valence-electron chi connectivity index (χ2n) is 7.11. The van der Waals surface area contributed by atoms with Crippen molar-refractivity contribution >= 4 is 40.4 Å². The van der Waals surface area contributed by atoms with Crippen LogP contribution in [0.5, 0.6) is 0 Å². The van der Waals surface area contributed by atoms with Gasteiger partial charge in [-0.1, -0.05) is 17.7 Å². The van der Waals surface area contributed by atoms with Crippen LogP contribution < -0.4 is 0 Å². The normalized spacial score (nSPS) is 14.8. The molecule has 0 saturated carbocycles. The fourth-order valence-corrected chi connectivity index (χ4v) is 4.39. The quantitative estimate of drug-likeness (QED) is 0.677. The molecule has 1 aliphatic rings. The average Bonchev–Trinajstić information content (AvgIpc) is 2.78. The van der Waals surface area contributed by atoms with Crippen LogP contribution in [0.1, 0.15) is 32.0 Å². The number of thioether (sulfide) groups is 1. The highest BCUT2D eigenvalue weighted by Crippen LogP contribution is 2.39. The Hall–Kier alpha value is -1.33. The van der Waals surface area contributed by atoms with Gasteiger partial charge >= 0.3 is 6.09 Å². The van der Waals surface area contributed by atoms with Gasteiger partial charge in [0.2, 0.25) is 0 Å². The molecule has 0 saturated heterocycles. The Kier molecular flexibility index (Phi) is 4.51. The molecule has 1 aliphatic heterocycles. The van der Waals surface area contributed by atoms with Crippen LogP contribution in [0.4, 0.5) is 4.79 Å². The van der Waals surface area contributed by atoms with E-state index in [0.717, 1.165) is 21.9 Å². The van der Waals surface area contributed by atoms with Crippen LogP contribution in [0.3, 0.4) is 0 Å². The van der Waals surface area contributed by atoms with Crippen LogP contribution >= 0.6 is 23.4 Å². The predicted molar refractivity (Wildman–Crippen MR) is 100 cm³/mol. The number of hydrogen-bond donors (Lipinski definition) is 0. The van der Waals surface area contributed by atoms with Crippen LogP contribution in [0.25, 0.3) is 10.9 Å². The van der Waals surface area contributed by atoms with Gasteiger partial charge in [-0.15, -0.1) is 11.8 Å². The van der Waals surface area contributed by atoms with Gasteiger partial charge in [0, 0.05) is 41.6 Å². The summed E-state index contributed by atoms with van der Waals surface area (Å²) in [5.41, 5.74) is 3.17.